The van der Waals surface area contributed by atoms with E-state index in [-0.39, 0.29) is 0 Å². The first-order valence-electron chi connectivity index (χ1n) is 6.77. The molecule has 7 heteroatoms. The van der Waals surface area contributed by atoms with Crippen LogP contribution in [0, 0.1) is 0 Å². The fourth-order valence-electron chi connectivity index (χ4n) is 2.08. The first-order valence-corrected chi connectivity index (χ1v) is 6.77. The minimum absolute atomic E-state index is 0.683. The highest BCUT2D eigenvalue weighted by Crippen LogP contribution is 2.20. The molecule has 0 spiro atoms. The van der Waals surface area contributed by atoms with Gasteiger partial charge < -0.3 is 10.7 Å². The van der Waals surface area contributed by atoms with Crippen LogP contribution in [0.2, 0.25) is 0 Å². The molecule has 7 nitrogen and oxygen atoms in total. The van der Waals surface area contributed by atoms with Crippen molar-refractivity contribution < 1.29 is 0 Å². The molecular weight excluding hydrogens is 254 g/mol. The summed E-state index contributed by atoms with van der Waals surface area (Å²) >= 11 is 0. The number of hydrogen-bond donors (Lipinski definition) is 3. The molecule has 0 fully saturated rings. The smallest absolute Gasteiger partial charge is 0.148 e. The molecule has 0 unspecified atom stereocenters. The largest absolute Gasteiger partial charge is 0.369 e. The molecule has 2 heterocycles. The van der Waals surface area contributed by atoms with Crippen LogP contribution in [0.1, 0.15) is 24.6 Å². The van der Waals surface area contributed by atoms with Crippen LogP contribution in [0.25, 0.3) is 0 Å². The number of aromatic nitrogens is 4. The Kier molecular flexibility index (Phi) is 4.89. The summed E-state index contributed by atoms with van der Waals surface area (Å²) in [4.78, 5) is 8.44. The summed E-state index contributed by atoms with van der Waals surface area (Å²) in [6.45, 7) is 2.89. The summed E-state index contributed by atoms with van der Waals surface area (Å²) in [5.41, 5.74) is 4.71. The van der Waals surface area contributed by atoms with Crippen molar-refractivity contribution in [1.29, 1.82) is 0 Å². The zero-order valence-electron chi connectivity index (χ0n) is 11.9. The van der Waals surface area contributed by atoms with Gasteiger partial charge in [-0.3, -0.25) is 4.68 Å². The van der Waals surface area contributed by atoms with Gasteiger partial charge in [0.15, 0.2) is 0 Å². The van der Waals surface area contributed by atoms with E-state index in [0.29, 0.717) is 5.82 Å². The Hall–Kier alpha value is -2.15. The van der Waals surface area contributed by atoms with Crippen LogP contribution >= 0.6 is 0 Å². The maximum absolute atomic E-state index is 5.49. The molecule has 2 aromatic heterocycles. The number of rotatable bonds is 7. The van der Waals surface area contributed by atoms with Crippen LogP contribution in [-0.4, -0.2) is 26.3 Å². The third-order valence-corrected chi connectivity index (χ3v) is 3.02. The summed E-state index contributed by atoms with van der Waals surface area (Å²) in [5.74, 6) is 7.01. The lowest BCUT2D eigenvalue weighted by Crippen LogP contribution is -2.15. The van der Waals surface area contributed by atoms with Crippen molar-refractivity contribution in [1.82, 2.24) is 19.7 Å². The third-order valence-electron chi connectivity index (χ3n) is 3.02. The average molecular weight is 275 g/mol. The first-order chi connectivity index (χ1) is 9.74. The molecule has 0 bridgehead atoms. The predicted octanol–water partition coefficient (Wildman–Crippen LogP) is 1.10. The molecule has 2 rings (SSSR count). The average Bonchev–Trinajstić information content (AvgIpc) is 2.86. The van der Waals surface area contributed by atoms with Gasteiger partial charge in [-0.2, -0.15) is 5.10 Å². The normalized spacial score (nSPS) is 10.6. The number of nitrogens with one attached hydrogen (secondary N) is 2. The number of nitrogens with zero attached hydrogens (tertiary/aromatic N) is 4. The molecule has 0 aliphatic heterocycles. The SMILES string of the molecule is CCCc1c(NN)ncnc1NCCc1ccn(C)n1. The van der Waals surface area contributed by atoms with Crippen molar-refractivity contribution in [3.8, 4) is 0 Å². The van der Waals surface area contributed by atoms with Gasteiger partial charge in [0.25, 0.3) is 0 Å². The second kappa shape index (κ2) is 6.85. The molecule has 0 aromatic carbocycles. The number of aryl methyl sites for hydroxylation is 1. The minimum atomic E-state index is 0.683. The zero-order chi connectivity index (χ0) is 14.4. The van der Waals surface area contributed by atoms with E-state index >= 15 is 0 Å². The van der Waals surface area contributed by atoms with E-state index in [1.165, 1.54) is 6.33 Å². The topological polar surface area (TPSA) is 93.7 Å². The number of anilines is 2. The standard InChI is InChI=1S/C13H21N7/c1-3-4-11-12(16-9-17-13(11)18-14)15-7-5-10-6-8-20(2)19-10/h6,8-9H,3-5,7,14H2,1-2H3,(H2,15,16,17,18). The van der Waals surface area contributed by atoms with E-state index in [1.807, 2.05) is 19.3 Å². The summed E-state index contributed by atoms with van der Waals surface area (Å²) in [6, 6.07) is 2.02. The number of nitrogen functional groups attached to an aromatic ring is 1. The lowest BCUT2D eigenvalue weighted by atomic mass is 10.1. The van der Waals surface area contributed by atoms with Gasteiger partial charge in [-0.05, 0) is 12.5 Å². The van der Waals surface area contributed by atoms with Crippen LogP contribution in [-0.2, 0) is 19.9 Å². The van der Waals surface area contributed by atoms with Gasteiger partial charge in [0.2, 0.25) is 0 Å². The van der Waals surface area contributed by atoms with Gasteiger partial charge in [0, 0.05) is 31.8 Å². The van der Waals surface area contributed by atoms with Crippen LogP contribution < -0.4 is 16.6 Å². The Morgan fingerprint density at radius 1 is 1.25 bits per heavy atom. The van der Waals surface area contributed by atoms with Crippen molar-refractivity contribution in [2.75, 3.05) is 17.3 Å². The molecule has 20 heavy (non-hydrogen) atoms. The fourth-order valence-corrected chi connectivity index (χ4v) is 2.08. The predicted molar refractivity (Wildman–Crippen MR) is 79.2 cm³/mol. The molecule has 108 valence electrons. The molecule has 0 aliphatic rings. The molecule has 0 amide bonds. The second-order valence-electron chi connectivity index (χ2n) is 4.60. The number of hydrazine groups is 1. The lowest BCUT2D eigenvalue weighted by Gasteiger charge is -2.13. The highest BCUT2D eigenvalue weighted by molar-refractivity contribution is 5.56. The Morgan fingerprint density at radius 3 is 2.70 bits per heavy atom. The van der Waals surface area contributed by atoms with E-state index in [9.17, 15) is 0 Å². The minimum Gasteiger partial charge on any atom is -0.369 e. The van der Waals surface area contributed by atoms with Gasteiger partial charge in [0.05, 0.1) is 5.69 Å². The quantitative estimate of drug-likeness (QED) is 0.517. The highest BCUT2D eigenvalue weighted by atomic mass is 15.3. The van der Waals surface area contributed by atoms with E-state index in [2.05, 4.69) is 32.7 Å². The summed E-state index contributed by atoms with van der Waals surface area (Å²) < 4.78 is 1.80. The number of hydrogen-bond acceptors (Lipinski definition) is 6. The maximum Gasteiger partial charge on any atom is 0.148 e. The van der Waals surface area contributed by atoms with Crippen molar-refractivity contribution in [2.24, 2.45) is 12.9 Å². The Morgan fingerprint density at radius 2 is 2.05 bits per heavy atom. The highest BCUT2D eigenvalue weighted by Gasteiger charge is 2.09. The molecule has 0 saturated heterocycles. The molecular formula is C13H21N7. The zero-order valence-corrected chi connectivity index (χ0v) is 11.9. The fraction of sp³-hybridized carbons (Fsp3) is 0.462. The molecule has 2 aromatic rings. The Bertz CT molecular complexity index is 549. The summed E-state index contributed by atoms with van der Waals surface area (Å²) in [5, 5.41) is 7.68. The van der Waals surface area contributed by atoms with Crippen LogP contribution in [0.15, 0.2) is 18.6 Å². The Labute approximate surface area is 118 Å². The molecule has 0 saturated carbocycles. The van der Waals surface area contributed by atoms with Crippen molar-refractivity contribution in [3.63, 3.8) is 0 Å². The van der Waals surface area contributed by atoms with E-state index in [4.69, 9.17) is 5.84 Å². The number of nitrogens with two attached hydrogens (primary N) is 1. The molecule has 4 N–H and O–H groups in total. The van der Waals surface area contributed by atoms with E-state index < -0.39 is 0 Å². The second-order valence-corrected chi connectivity index (χ2v) is 4.60. The van der Waals surface area contributed by atoms with Crippen molar-refractivity contribution in [3.05, 3.63) is 29.8 Å². The van der Waals surface area contributed by atoms with E-state index in [1.54, 1.807) is 4.68 Å². The van der Waals surface area contributed by atoms with Crippen molar-refractivity contribution >= 4 is 11.6 Å². The van der Waals surface area contributed by atoms with Gasteiger partial charge in [-0.15, -0.1) is 0 Å². The van der Waals surface area contributed by atoms with Gasteiger partial charge in [0.1, 0.15) is 18.0 Å². The molecule has 0 atom stereocenters. The van der Waals surface area contributed by atoms with Gasteiger partial charge in [-0.1, -0.05) is 13.3 Å². The van der Waals surface area contributed by atoms with E-state index in [0.717, 1.165) is 42.9 Å². The summed E-state index contributed by atoms with van der Waals surface area (Å²) in [7, 11) is 1.92. The molecule has 0 aliphatic carbocycles. The van der Waals surface area contributed by atoms with Gasteiger partial charge in [-0.25, -0.2) is 15.8 Å². The van der Waals surface area contributed by atoms with Crippen molar-refractivity contribution in [2.45, 2.75) is 26.2 Å². The van der Waals surface area contributed by atoms with Crippen LogP contribution in [0.4, 0.5) is 11.6 Å². The summed E-state index contributed by atoms with van der Waals surface area (Å²) in [6.07, 6.45) is 6.20. The first kappa shape index (κ1) is 14.3. The van der Waals surface area contributed by atoms with Crippen LogP contribution in [0.3, 0.4) is 0 Å². The van der Waals surface area contributed by atoms with Gasteiger partial charge >= 0.3 is 0 Å². The van der Waals surface area contributed by atoms with Crippen LogP contribution in [0.5, 0.6) is 0 Å². The monoisotopic (exact) mass is 275 g/mol. The third kappa shape index (κ3) is 3.45. The Balaban J connectivity index is 2.01. The lowest BCUT2D eigenvalue weighted by molar-refractivity contribution is 0.741. The maximum atomic E-state index is 5.49. The molecule has 0 radical (unpaired) electrons.